The second-order valence-corrected chi connectivity index (χ2v) is 9.32. The van der Waals surface area contributed by atoms with Gasteiger partial charge >= 0.3 is 0 Å². The highest BCUT2D eigenvalue weighted by molar-refractivity contribution is 7.89. The third kappa shape index (κ3) is 6.30. The molecule has 0 N–H and O–H groups in total. The van der Waals surface area contributed by atoms with Gasteiger partial charge in [0.2, 0.25) is 10.0 Å². The summed E-state index contributed by atoms with van der Waals surface area (Å²) in [5.41, 5.74) is 0.517. The third-order valence-electron chi connectivity index (χ3n) is 5.13. The number of carbonyl (C=O) groups excluding carboxylic acids is 1. The van der Waals surface area contributed by atoms with Gasteiger partial charge in [-0.15, -0.1) is 6.42 Å². The van der Waals surface area contributed by atoms with E-state index in [1.807, 2.05) is 18.7 Å². The standard InChI is InChI=1S/C22H32N2O4S/c1-4-13-24(14-5-2)29(26,27)21-9-7-20(8-10-21)22(25)23-15-11-19(12-16-23)18-28-17-6-3/h3,7-10,19H,4-5,11-18H2,1-2H3. The average molecular weight is 421 g/mol. The van der Waals surface area contributed by atoms with Crippen LogP contribution in [0.5, 0.6) is 0 Å². The summed E-state index contributed by atoms with van der Waals surface area (Å²) in [5.74, 6) is 2.82. The molecule has 0 bridgehead atoms. The first-order chi connectivity index (χ1) is 13.9. The number of benzene rings is 1. The van der Waals surface area contributed by atoms with Crippen LogP contribution in [0.4, 0.5) is 0 Å². The van der Waals surface area contributed by atoms with Crippen LogP contribution in [-0.4, -0.2) is 62.9 Å². The number of hydrogen-bond donors (Lipinski definition) is 0. The quantitative estimate of drug-likeness (QED) is 0.431. The molecular formula is C22H32N2O4S. The molecule has 1 heterocycles. The number of likely N-dealkylation sites (tertiary alicyclic amines) is 1. The van der Waals surface area contributed by atoms with E-state index in [0.717, 1.165) is 25.7 Å². The molecule has 29 heavy (non-hydrogen) atoms. The Kier molecular flexibility index (Phi) is 9.15. The van der Waals surface area contributed by atoms with E-state index in [1.165, 1.54) is 4.31 Å². The van der Waals surface area contributed by atoms with E-state index < -0.39 is 10.0 Å². The van der Waals surface area contributed by atoms with E-state index >= 15 is 0 Å². The number of hydrogen-bond acceptors (Lipinski definition) is 4. The number of amides is 1. The topological polar surface area (TPSA) is 66.9 Å². The Morgan fingerprint density at radius 1 is 1.17 bits per heavy atom. The van der Waals surface area contributed by atoms with Crippen LogP contribution in [0.3, 0.4) is 0 Å². The molecule has 2 rings (SSSR count). The summed E-state index contributed by atoms with van der Waals surface area (Å²) >= 11 is 0. The maximum atomic E-state index is 12.8. The number of sulfonamides is 1. The number of piperidine rings is 1. The van der Waals surface area contributed by atoms with Gasteiger partial charge in [-0.3, -0.25) is 4.79 Å². The number of carbonyl (C=O) groups is 1. The zero-order valence-corrected chi connectivity index (χ0v) is 18.3. The van der Waals surface area contributed by atoms with Crippen LogP contribution < -0.4 is 0 Å². The number of nitrogens with zero attached hydrogens (tertiary/aromatic N) is 2. The van der Waals surface area contributed by atoms with Crippen molar-refractivity contribution in [2.75, 3.05) is 39.4 Å². The van der Waals surface area contributed by atoms with Gasteiger partial charge in [0.25, 0.3) is 5.91 Å². The fraction of sp³-hybridized carbons (Fsp3) is 0.591. The molecule has 0 aliphatic carbocycles. The Balaban J connectivity index is 1.99. The van der Waals surface area contributed by atoms with E-state index in [0.29, 0.717) is 50.9 Å². The highest BCUT2D eigenvalue weighted by Gasteiger charge is 2.26. The van der Waals surface area contributed by atoms with Crippen LogP contribution in [0.15, 0.2) is 29.2 Å². The van der Waals surface area contributed by atoms with Crippen molar-refractivity contribution in [3.63, 3.8) is 0 Å². The fourth-order valence-corrected chi connectivity index (χ4v) is 5.16. The molecule has 0 aromatic heterocycles. The van der Waals surface area contributed by atoms with Crippen LogP contribution in [0, 0.1) is 18.3 Å². The summed E-state index contributed by atoms with van der Waals surface area (Å²) in [6.45, 7) is 7.21. The number of rotatable bonds is 10. The first-order valence-corrected chi connectivity index (χ1v) is 11.8. The van der Waals surface area contributed by atoms with E-state index in [-0.39, 0.29) is 10.8 Å². The van der Waals surface area contributed by atoms with Crippen molar-refractivity contribution in [1.82, 2.24) is 9.21 Å². The smallest absolute Gasteiger partial charge is 0.253 e. The Hall–Kier alpha value is -1.88. The van der Waals surface area contributed by atoms with Crippen molar-refractivity contribution in [3.05, 3.63) is 29.8 Å². The Labute approximate surface area is 175 Å². The third-order valence-corrected chi connectivity index (χ3v) is 7.04. The van der Waals surface area contributed by atoms with Crippen molar-refractivity contribution in [1.29, 1.82) is 0 Å². The van der Waals surface area contributed by atoms with Gasteiger partial charge in [-0.2, -0.15) is 4.31 Å². The molecule has 1 amide bonds. The molecule has 1 fully saturated rings. The molecule has 0 spiro atoms. The number of ether oxygens (including phenoxy) is 1. The van der Waals surface area contributed by atoms with Gasteiger partial charge < -0.3 is 9.64 Å². The van der Waals surface area contributed by atoms with Gasteiger partial charge in [-0.1, -0.05) is 19.8 Å². The van der Waals surface area contributed by atoms with Crippen molar-refractivity contribution >= 4 is 15.9 Å². The largest absolute Gasteiger partial charge is 0.369 e. The Bertz CT molecular complexity index is 785. The lowest BCUT2D eigenvalue weighted by Gasteiger charge is -2.32. The molecule has 1 saturated heterocycles. The lowest BCUT2D eigenvalue weighted by molar-refractivity contribution is 0.0582. The molecule has 1 aliphatic rings. The molecule has 160 valence electrons. The van der Waals surface area contributed by atoms with Crippen LogP contribution >= 0.6 is 0 Å². The number of terminal acetylenes is 1. The normalized spacial score (nSPS) is 15.4. The molecule has 0 unspecified atom stereocenters. The van der Waals surface area contributed by atoms with E-state index in [1.54, 1.807) is 24.3 Å². The SMILES string of the molecule is C#CCOCC1CCN(C(=O)c2ccc(S(=O)(=O)N(CCC)CCC)cc2)CC1. The van der Waals surface area contributed by atoms with Gasteiger partial charge in [0.05, 0.1) is 11.5 Å². The Morgan fingerprint density at radius 2 is 1.76 bits per heavy atom. The summed E-state index contributed by atoms with van der Waals surface area (Å²) in [6, 6.07) is 6.32. The minimum atomic E-state index is -3.53. The lowest BCUT2D eigenvalue weighted by atomic mass is 9.97. The maximum absolute atomic E-state index is 12.8. The summed E-state index contributed by atoms with van der Waals surface area (Å²) in [5, 5.41) is 0. The monoisotopic (exact) mass is 420 g/mol. The van der Waals surface area contributed by atoms with Crippen LogP contribution in [0.1, 0.15) is 49.9 Å². The van der Waals surface area contributed by atoms with Crippen molar-refractivity contribution in [2.45, 2.75) is 44.4 Å². The molecule has 1 aromatic carbocycles. The van der Waals surface area contributed by atoms with Gasteiger partial charge in [0.1, 0.15) is 6.61 Å². The summed E-state index contributed by atoms with van der Waals surface area (Å²) in [4.78, 5) is 14.8. The fourth-order valence-electron chi connectivity index (χ4n) is 3.54. The molecular weight excluding hydrogens is 388 g/mol. The van der Waals surface area contributed by atoms with E-state index in [2.05, 4.69) is 5.92 Å². The minimum absolute atomic E-state index is 0.0593. The summed E-state index contributed by atoms with van der Waals surface area (Å²) in [7, 11) is -3.53. The minimum Gasteiger partial charge on any atom is -0.369 e. The predicted octanol–water partition coefficient (Wildman–Crippen LogP) is 3.00. The second-order valence-electron chi connectivity index (χ2n) is 7.38. The molecule has 7 heteroatoms. The van der Waals surface area contributed by atoms with Crippen LogP contribution in [0.2, 0.25) is 0 Å². The van der Waals surface area contributed by atoms with Gasteiger partial charge in [-0.25, -0.2) is 8.42 Å². The van der Waals surface area contributed by atoms with Crippen LogP contribution in [-0.2, 0) is 14.8 Å². The average Bonchev–Trinajstić information content (AvgIpc) is 2.74. The van der Waals surface area contributed by atoms with E-state index in [4.69, 9.17) is 11.2 Å². The summed E-state index contributed by atoms with van der Waals surface area (Å²) < 4.78 is 32.6. The van der Waals surface area contributed by atoms with Crippen LogP contribution in [0.25, 0.3) is 0 Å². The lowest BCUT2D eigenvalue weighted by Crippen LogP contribution is -2.39. The predicted molar refractivity (Wildman–Crippen MR) is 114 cm³/mol. The molecule has 0 saturated carbocycles. The second kappa shape index (κ2) is 11.3. The van der Waals surface area contributed by atoms with E-state index in [9.17, 15) is 13.2 Å². The molecule has 1 aliphatic heterocycles. The van der Waals surface area contributed by atoms with Crippen molar-refractivity contribution < 1.29 is 17.9 Å². The molecule has 0 radical (unpaired) electrons. The Morgan fingerprint density at radius 3 is 2.28 bits per heavy atom. The first-order valence-electron chi connectivity index (χ1n) is 10.3. The van der Waals surface area contributed by atoms with Gasteiger partial charge in [0, 0.05) is 31.7 Å². The molecule has 1 aromatic rings. The molecule has 6 nitrogen and oxygen atoms in total. The zero-order valence-electron chi connectivity index (χ0n) is 17.5. The molecule has 0 atom stereocenters. The zero-order chi connectivity index (χ0) is 21.3. The van der Waals surface area contributed by atoms with Gasteiger partial charge in [-0.05, 0) is 55.9 Å². The summed E-state index contributed by atoms with van der Waals surface area (Å²) in [6.07, 6.45) is 8.47. The van der Waals surface area contributed by atoms with Gasteiger partial charge in [0.15, 0.2) is 0 Å². The first kappa shape index (κ1) is 23.4. The highest BCUT2D eigenvalue weighted by atomic mass is 32.2. The highest BCUT2D eigenvalue weighted by Crippen LogP contribution is 2.21. The maximum Gasteiger partial charge on any atom is 0.253 e. The van der Waals surface area contributed by atoms with Crippen molar-refractivity contribution in [3.8, 4) is 12.3 Å². The van der Waals surface area contributed by atoms with Crippen molar-refractivity contribution in [2.24, 2.45) is 5.92 Å².